The number of carbonyl (C=O) groups is 1. The van der Waals surface area contributed by atoms with Crippen molar-refractivity contribution in [2.45, 2.75) is 43.7 Å². The number of thioether (sulfide) groups is 1. The number of nitrogens with zero attached hydrogens (tertiary/aromatic N) is 5. The molecule has 0 bridgehead atoms. The van der Waals surface area contributed by atoms with Gasteiger partial charge < -0.3 is 14.8 Å². The first-order valence-electron chi connectivity index (χ1n) is 10.5. The molecule has 1 N–H and O–H groups in total. The van der Waals surface area contributed by atoms with E-state index in [0.29, 0.717) is 23.1 Å². The van der Waals surface area contributed by atoms with Crippen LogP contribution in [0, 0.1) is 13.8 Å². The van der Waals surface area contributed by atoms with Gasteiger partial charge >= 0.3 is 0 Å². The topological polar surface area (TPSA) is 104 Å². The number of nitrogens with one attached hydrogen (secondary N) is 1. The Morgan fingerprint density at radius 3 is 2.66 bits per heavy atom. The Kier molecular flexibility index (Phi) is 7.01. The van der Waals surface area contributed by atoms with Crippen LogP contribution in [-0.2, 0) is 10.5 Å². The molecule has 1 atom stereocenters. The molecule has 1 amide bonds. The summed E-state index contributed by atoms with van der Waals surface area (Å²) in [6, 6.07) is 9.37. The zero-order valence-corrected chi connectivity index (χ0v) is 19.2. The maximum Gasteiger partial charge on any atom is 0.273 e. The highest BCUT2D eigenvalue weighted by Gasteiger charge is 2.23. The molecule has 4 rings (SSSR count). The van der Waals surface area contributed by atoms with E-state index in [1.807, 2.05) is 44.2 Å². The molecule has 10 heteroatoms. The molecule has 1 fully saturated rings. The third-order valence-electron chi connectivity index (χ3n) is 5.11. The summed E-state index contributed by atoms with van der Waals surface area (Å²) < 4.78 is 12.5. The molecule has 1 unspecified atom stereocenters. The van der Waals surface area contributed by atoms with Crippen LogP contribution in [0.1, 0.15) is 40.4 Å². The van der Waals surface area contributed by atoms with Crippen molar-refractivity contribution in [3.05, 3.63) is 53.1 Å². The summed E-state index contributed by atoms with van der Waals surface area (Å²) in [5, 5.41) is 12.1. The van der Waals surface area contributed by atoms with Gasteiger partial charge in [-0.05, 0) is 57.0 Å². The summed E-state index contributed by atoms with van der Waals surface area (Å²) in [6.45, 7) is 5.07. The molecule has 2 aromatic heterocycles. The van der Waals surface area contributed by atoms with Gasteiger partial charge in [0.15, 0.2) is 10.9 Å². The van der Waals surface area contributed by atoms with Crippen LogP contribution in [0.5, 0.6) is 5.75 Å². The van der Waals surface area contributed by atoms with Crippen molar-refractivity contribution in [1.29, 1.82) is 0 Å². The molecule has 1 aliphatic rings. The fraction of sp³-hybridized carbons (Fsp3) is 0.409. The molecule has 0 spiro atoms. The molecular weight excluding hydrogens is 428 g/mol. The Bertz CT molecular complexity index is 1060. The van der Waals surface area contributed by atoms with Crippen molar-refractivity contribution in [2.24, 2.45) is 0 Å². The average molecular weight is 455 g/mol. The van der Waals surface area contributed by atoms with E-state index in [1.54, 1.807) is 11.8 Å². The molecule has 1 aromatic carbocycles. The summed E-state index contributed by atoms with van der Waals surface area (Å²) in [4.78, 5) is 21.9. The van der Waals surface area contributed by atoms with E-state index in [0.717, 1.165) is 42.3 Å². The van der Waals surface area contributed by atoms with Crippen molar-refractivity contribution in [2.75, 3.05) is 20.3 Å². The van der Waals surface area contributed by atoms with Gasteiger partial charge in [0.1, 0.15) is 5.75 Å². The Labute approximate surface area is 190 Å². The van der Waals surface area contributed by atoms with Gasteiger partial charge in [0.2, 0.25) is 0 Å². The minimum atomic E-state index is -0.266. The van der Waals surface area contributed by atoms with Gasteiger partial charge in [-0.3, -0.25) is 4.79 Å². The number of rotatable bonds is 8. The largest absolute Gasteiger partial charge is 0.497 e. The van der Waals surface area contributed by atoms with E-state index in [9.17, 15) is 4.79 Å². The summed E-state index contributed by atoms with van der Waals surface area (Å²) in [5.41, 5.74) is 3.55. The zero-order chi connectivity index (χ0) is 22.5. The number of methoxy groups -OCH3 is 1. The first kappa shape index (κ1) is 22.2. The highest BCUT2D eigenvalue weighted by molar-refractivity contribution is 7.98. The van der Waals surface area contributed by atoms with Crippen molar-refractivity contribution >= 4 is 17.7 Å². The van der Waals surface area contributed by atoms with Crippen LogP contribution in [-0.4, -0.2) is 57.2 Å². The van der Waals surface area contributed by atoms with E-state index >= 15 is 0 Å². The quantitative estimate of drug-likeness (QED) is 0.409. The lowest BCUT2D eigenvalue weighted by atomic mass is 10.2. The number of hydrogen-bond donors (Lipinski definition) is 1. The van der Waals surface area contributed by atoms with Gasteiger partial charge in [0.25, 0.3) is 5.91 Å². The Morgan fingerprint density at radius 1 is 1.25 bits per heavy atom. The maximum atomic E-state index is 12.9. The molecule has 0 radical (unpaired) electrons. The highest BCUT2D eigenvalue weighted by atomic mass is 32.2. The van der Waals surface area contributed by atoms with Gasteiger partial charge in [-0.25, -0.2) is 14.6 Å². The van der Waals surface area contributed by atoms with Crippen LogP contribution in [0.3, 0.4) is 0 Å². The zero-order valence-electron chi connectivity index (χ0n) is 18.4. The van der Waals surface area contributed by atoms with Gasteiger partial charge in [-0.1, -0.05) is 17.0 Å². The van der Waals surface area contributed by atoms with Crippen LogP contribution in [0.2, 0.25) is 0 Å². The van der Waals surface area contributed by atoms with Crippen molar-refractivity contribution in [3.8, 4) is 11.4 Å². The summed E-state index contributed by atoms with van der Waals surface area (Å²) in [7, 11) is 1.62. The molecule has 32 heavy (non-hydrogen) atoms. The van der Waals surface area contributed by atoms with Crippen LogP contribution >= 0.6 is 11.8 Å². The Morgan fingerprint density at radius 2 is 2.00 bits per heavy atom. The molecular formula is C22H26N6O3S. The third-order valence-corrected chi connectivity index (χ3v) is 5.97. The molecule has 3 heterocycles. The monoisotopic (exact) mass is 454 g/mol. The molecule has 3 aromatic rings. The summed E-state index contributed by atoms with van der Waals surface area (Å²) in [5.74, 6) is 0.907. The Balaban J connectivity index is 1.59. The number of amides is 1. The predicted molar refractivity (Wildman–Crippen MR) is 120 cm³/mol. The first-order valence-corrected chi connectivity index (χ1v) is 11.5. The summed E-state index contributed by atoms with van der Waals surface area (Å²) >= 11 is 1.45. The first-order chi connectivity index (χ1) is 15.5. The van der Waals surface area contributed by atoms with Crippen LogP contribution in [0.4, 0.5) is 0 Å². The molecule has 9 nitrogen and oxygen atoms in total. The van der Waals surface area contributed by atoms with E-state index in [-0.39, 0.29) is 17.7 Å². The second kappa shape index (κ2) is 10.1. The van der Waals surface area contributed by atoms with Gasteiger partial charge in [0.05, 0.1) is 24.6 Å². The minimum Gasteiger partial charge on any atom is -0.497 e. The molecule has 1 saturated heterocycles. The number of hydrogen-bond acceptors (Lipinski definition) is 8. The normalized spacial score (nSPS) is 15.7. The van der Waals surface area contributed by atoms with Crippen molar-refractivity contribution in [3.63, 3.8) is 0 Å². The van der Waals surface area contributed by atoms with Crippen LogP contribution in [0.15, 0.2) is 35.5 Å². The van der Waals surface area contributed by atoms with Crippen molar-refractivity contribution < 1.29 is 14.3 Å². The fourth-order valence-electron chi connectivity index (χ4n) is 3.52. The smallest absolute Gasteiger partial charge is 0.273 e. The number of carbonyl (C=O) groups excluding carboxylic acids is 1. The number of aryl methyl sites for hydroxylation is 2. The SMILES string of the molecule is COc1ccc(-n2nnc(C(=O)NCC3CCCO3)c2CSc2nc(C)cc(C)n2)cc1. The van der Waals surface area contributed by atoms with Crippen LogP contribution in [0.25, 0.3) is 5.69 Å². The number of benzene rings is 1. The Hall–Kier alpha value is -2.98. The van der Waals surface area contributed by atoms with Gasteiger partial charge in [-0.15, -0.1) is 5.10 Å². The number of ether oxygens (including phenoxy) is 2. The predicted octanol–water partition coefficient (Wildman–Crippen LogP) is 2.88. The maximum absolute atomic E-state index is 12.9. The summed E-state index contributed by atoms with van der Waals surface area (Å²) in [6.07, 6.45) is 2.02. The van der Waals surface area contributed by atoms with E-state index < -0.39 is 0 Å². The van der Waals surface area contributed by atoms with E-state index in [1.165, 1.54) is 11.8 Å². The molecule has 168 valence electrons. The molecule has 1 aliphatic heterocycles. The standard InChI is InChI=1S/C22H26N6O3S/c1-14-11-15(2)25-22(24-14)32-13-19-20(21(29)23-12-18-5-4-10-31-18)26-27-28(19)16-6-8-17(30-3)9-7-16/h6-9,11,18H,4-5,10,12-13H2,1-3H3,(H,23,29). The van der Waals surface area contributed by atoms with E-state index in [4.69, 9.17) is 9.47 Å². The highest BCUT2D eigenvalue weighted by Crippen LogP contribution is 2.24. The van der Waals surface area contributed by atoms with Crippen molar-refractivity contribution in [1.82, 2.24) is 30.3 Å². The minimum absolute atomic E-state index is 0.0528. The lowest BCUT2D eigenvalue weighted by Crippen LogP contribution is -2.32. The lowest BCUT2D eigenvalue weighted by molar-refractivity contribution is 0.0853. The van der Waals surface area contributed by atoms with E-state index in [2.05, 4.69) is 25.6 Å². The molecule has 0 saturated carbocycles. The second-order valence-electron chi connectivity index (χ2n) is 7.56. The average Bonchev–Trinajstić information content (AvgIpc) is 3.45. The molecule has 0 aliphatic carbocycles. The van der Waals surface area contributed by atoms with Gasteiger partial charge in [-0.2, -0.15) is 0 Å². The lowest BCUT2D eigenvalue weighted by Gasteiger charge is -2.11. The number of aromatic nitrogens is 5. The fourth-order valence-corrected chi connectivity index (χ4v) is 4.47. The van der Waals surface area contributed by atoms with Crippen LogP contribution < -0.4 is 10.1 Å². The second-order valence-corrected chi connectivity index (χ2v) is 8.50. The third kappa shape index (κ3) is 5.25. The van der Waals surface area contributed by atoms with Gasteiger partial charge in [0, 0.05) is 30.3 Å².